The lowest BCUT2D eigenvalue weighted by molar-refractivity contribution is -0.143. The molecule has 16 nitrogen and oxygen atoms in total. The molecule has 0 bridgehead atoms. The number of carbonyl (C=O) groups is 6. The molecule has 9 rings (SSSR count). The fourth-order valence-corrected chi connectivity index (χ4v) is 10.0. The number of H-pyrrole nitrogens is 1. The number of nitrogens with zero attached hydrogens (tertiary/aromatic N) is 6. The number of rotatable bonds is 10. The molecule has 16 heteroatoms. The van der Waals surface area contributed by atoms with Gasteiger partial charge < -0.3 is 24.8 Å². The minimum atomic E-state index is -0.990. The number of hydrogen-bond acceptors (Lipinski definition) is 11. The molecule has 4 unspecified atom stereocenters. The van der Waals surface area contributed by atoms with Gasteiger partial charge in [-0.25, -0.2) is 0 Å². The van der Waals surface area contributed by atoms with Crippen LogP contribution in [0.3, 0.4) is 0 Å². The zero-order chi connectivity index (χ0) is 43.2. The number of piperazine rings is 1. The summed E-state index contributed by atoms with van der Waals surface area (Å²) < 4.78 is 5.56. The molecule has 4 atom stereocenters. The highest BCUT2D eigenvalue weighted by atomic mass is 16.5. The third kappa shape index (κ3) is 7.72. The van der Waals surface area contributed by atoms with Gasteiger partial charge in [0.1, 0.15) is 6.04 Å². The number of fused-ring (bicyclic) bond motifs is 2. The summed E-state index contributed by atoms with van der Waals surface area (Å²) in [6.45, 7) is 9.60. The minimum Gasteiger partial charge on any atom is -0.372 e. The van der Waals surface area contributed by atoms with Crippen molar-refractivity contribution in [3.8, 4) is 0 Å². The highest BCUT2D eigenvalue weighted by molar-refractivity contribution is 6.23. The van der Waals surface area contributed by atoms with Gasteiger partial charge in [-0.15, -0.1) is 0 Å². The fourth-order valence-electron chi connectivity index (χ4n) is 10.0. The Morgan fingerprint density at radius 1 is 0.855 bits per heavy atom. The van der Waals surface area contributed by atoms with Gasteiger partial charge in [-0.2, -0.15) is 5.10 Å². The van der Waals surface area contributed by atoms with Crippen LogP contribution < -0.4 is 20.4 Å². The summed E-state index contributed by atoms with van der Waals surface area (Å²) in [5.41, 5.74) is 5.41. The second kappa shape index (κ2) is 16.8. The number of aromatic nitrogens is 2. The highest BCUT2D eigenvalue weighted by Gasteiger charge is 2.45. The largest absolute Gasteiger partial charge is 0.372 e. The normalized spacial score (nSPS) is 22.5. The van der Waals surface area contributed by atoms with E-state index in [2.05, 4.69) is 49.4 Å². The molecule has 0 radical (unpaired) electrons. The zero-order valence-corrected chi connectivity index (χ0v) is 35.1. The Morgan fingerprint density at radius 2 is 1.55 bits per heavy atom. The summed E-state index contributed by atoms with van der Waals surface area (Å²) in [4.78, 5) is 87.7. The predicted molar refractivity (Wildman–Crippen MR) is 229 cm³/mol. The molecule has 62 heavy (non-hydrogen) atoms. The molecule has 3 N–H and O–H groups in total. The van der Waals surface area contributed by atoms with E-state index in [1.54, 1.807) is 17.0 Å². The number of hydrogen-bond donors (Lipinski definition) is 3. The average Bonchev–Trinajstić information content (AvgIpc) is 3.93. The van der Waals surface area contributed by atoms with Crippen LogP contribution in [0.4, 0.5) is 17.2 Å². The molecule has 5 aliphatic heterocycles. The minimum absolute atomic E-state index is 0.0824. The molecule has 1 aromatic heterocycles. The van der Waals surface area contributed by atoms with E-state index < -0.39 is 35.8 Å². The van der Waals surface area contributed by atoms with Gasteiger partial charge in [-0.1, -0.05) is 30.3 Å². The Kier molecular flexibility index (Phi) is 11.1. The van der Waals surface area contributed by atoms with Crippen LogP contribution in [-0.2, 0) is 32.2 Å². The van der Waals surface area contributed by atoms with Crippen LogP contribution in [0.1, 0.15) is 93.5 Å². The van der Waals surface area contributed by atoms with Crippen molar-refractivity contribution in [2.24, 2.45) is 5.92 Å². The number of benzene rings is 3. The van der Waals surface area contributed by atoms with E-state index in [-0.39, 0.29) is 42.3 Å². The van der Waals surface area contributed by atoms with Crippen molar-refractivity contribution in [2.45, 2.75) is 76.8 Å². The van der Waals surface area contributed by atoms with Crippen LogP contribution in [-0.4, -0.2) is 118 Å². The van der Waals surface area contributed by atoms with Crippen LogP contribution in [0.25, 0.3) is 0 Å². The first-order valence-electron chi connectivity index (χ1n) is 21.4. The first-order chi connectivity index (χ1) is 30.0. The van der Waals surface area contributed by atoms with Gasteiger partial charge in [-0.05, 0) is 87.1 Å². The molecule has 322 valence electrons. The van der Waals surface area contributed by atoms with Crippen molar-refractivity contribution in [3.05, 3.63) is 106 Å². The molecule has 0 saturated carbocycles. The van der Waals surface area contributed by atoms with Crippen LogP contribution >= 0.6 is 0 Å². The van der Waals surface area contributed by atoms with Crippen molar-refractivity contribution in [1.29, 1.82) is 0 Å². The highest BCUT2D eigenvalue weighted by Crippen LogP contribution is 2.35. The average molecular weight is 842 g/mol. The number of ether oxygens (including phenoxy) is 1. The molecule has 6 amide bonds. The first kappa shape index (κ1) is 41.0. The van der Waals surface area contributed by atoms with Crippen molar-refractivity contribution < 1.29 is 33.5 Å². The number of carbonyl (C=O) groups excluding carboxylic acids is 6. The third-order valence-corrected chi connectivity index (χ3v) is 13.1. The standard InChI is InChI=1S/C46H51N9O7/c1-27-22-51(23-28(2)54(27)33-13-14-34-35(21-33)45(60)55(44(34)59)38-15-16-39(56)47-43(38)58)24-29-17-19-52(20-18-29)32-11-9-31(10-12-32)42(57)48-41-36-25-53(26-37(36)49-50-41)46(61)40(62-3)30-7-5-4-6-8-30/h4-14,21,27-29,38,40H,15-20,22-26H2,1-3H3,(H,47,56,58)(H2,48,49,50,57). The topological polar surface area (TPSA) is 181 Å². The van der Waals surface area contributed by atoms with E-state index in [9.17, 15) is 28.8 Å². The number of aromatic amines is 1. The van der Waals surface area contributed by atoms with E-state index in [1.165, 1.54) is 7.11 Å². The van der Waals surface area contributed by atoms with Gasteiger partial charge >= 0.3 is 0 Å². The smallest absolute Gasteiger partial charge is 0.262 e. The van der Waals surface area contributed by atoms with Crippen LogP contribution in [0.2, 0.25) is 0 Å². The maximum absolute atomic E-state index is 13.5. The van der Waals surface area contributed by atoms with Crippen LogP contribution in [0.5, 0.6) is 0 Å². The van der Waals surface area contributed by atoms with E-state index in [4.69, 9.17) is 4.74 Å². The maximum Gasteiger partial charge on any atom is 0.262 e. The van der Waals surface area contributed by atoms with Crippen molar-refractivity contribution in [3.63, 3.8) is 0 Å². The third-order valence-electron chi connectivity index (χ3n) is 13.1. The molecule has 3 fully saturated rings. The molecule has 4 aromatic rings. The molecule has 0 aliphatic carbocycles. The summed E-state index contributed by atoms with van der Waals surface area (Å²) >= 11 is 0. The van der Waals surface area contributed by atoms with Crippen molar-refractivity contribution >= 4 is 52.6 Å². The van der Waals surface area contributed by atoms with Gasteiger partial charge in [-0.3, -0.25) is 49.0 Å². The van der Waals surface area contributed by atoms with Crippen molar-refractivity contribution in [1.82, 2.24) is 30.2 Å². The molecule has 0 spiro atoms. The Morgan fingerprint density at radius 3 is 2.24 bits per heavy atom. The van der Waals surface area contributed by atoms with E-state index in [1.807, 2.05) is 60.7 Å². The van der Waals surface area contributed by atoms with Gasteiger partial charge in [0, 0.05) is 80.8 Å². The molecule has 3 aromatic carbocycles. The Labute approximate surface area is 359 Å². The van der Waals surface area contributed by atoms with E-state index >= 15 is 0 Å². The zero-order valence-electron chi connectivity index (χ0n) is 35.1. The maximum atomic E-state index is 13.5. The van der Waals surface area contributed by atoms with Gasteiger partial charge in [0.25, 0.3) is 23.6 Å². The Bertz CT molecular complexity index is 2400. The molecule has 5 aliphatic rings. The predicted octanol–water partition coefficient (Wildman–Crippen LogP) is 4.11. The lowest BCUT2D eigenvalue weighted by atomic mass is 9.94. The molecule has 6 heterocycles. The Balaban J connectivity index is 0.750. The summed E-state index contributed by atoms with van der Waals surface area (Å²) in [7, 11) is 1.53. The summed E-state index contributed by atoms with van der Waals surface area (Å²) in [6, 6.07) is 21.8. The van der Waals surface area contributed by atoms with Crippen LogP contribution in [0, 0.1) is 5.92 Å². The number of piperidine rings is 2. The lowest BCUT2D eigenvalue weighted by Crippen LogP contribution is -2.58. The van der Waals surface area contributed by atoms with Gasteiger partial charge in [0.15, 0.2) is 11.9 Å². The van der Waals surface area contributed by atoms with Gasteiger partial charge in [0.2, 0.25) is 11.8 Å². The number of methoxy groups -OCH3 is 1. The molecular weight excluding hydrogens is 791 g/mol. The van der Waals surface area contributed by atoms with Gasteiger partial charge in [0.05, 0.1) is 29.9 Å². The molecule has 3 saturated heterocycles. The first-order valence-corrected chi connectivity index (χ1v) is 21.4. The summed E-state index contributed by atoms with van der Waals surface area (Å²) in [5, 5.41) is 12.5. The molecular formula is C46H51N9O7. The summed E-state index contributed by atoms with van der Waals surface area (Å²) in [5.74, 6) is -1.46. The quantitative estimate of drug-likeness (QED) is 0.196. The number of amides is 6. The number of nitrogens with one attached hydrogen (secondary N) is 3. The monoisotopic (exact) mass is 841 g/mol. The van der Waals surface area contributed by atoms with E-state index in [0.717, 1.165) is 78.7 Å². The van der Waals surface area contributed by atoms with Crippen molar-refractivity contribution in [2.75, 3.05) is 55.0 Å². The lowest BCUT2D eigenvalue weighted by Gasteiger charge is -2.47. The second-order valence-corrected chi connectivity index (χ2v) is 17.2. The van der Waals surface area contributed by atoms with Crippen LogP contribution in [0.15, 0.2) is 72.8 Å². The Hall–Kier alpha value is -6.39. The summed E-state index contributed by atoms with van der Waals surface area (Å²) in [6.07, 6.45) is 1.59. The number of imide groups is 2. The number of anilines is 3. The second-order valence-electron chi connectivity index (χ2n) is 17.2. The fraction of sp³-hybridized carbons (Fsp3) is 0.413. The SMILES string of the molecule is COC(C(=O)N1Cc2[nH]nc(NC(=O)c3ccc(N4CCC(CN5CC(C)N(c6ccc7c(c6)C(=O)N(C6CCC(=O)NC6=O)C7=O)C(C)C5)CC4)cc3)c2C1)c1ccccc1. The van der Waals surface area contributed by atoms with E-state index in [0.29, 0.717) is 36.0 Å².